The van der Waals surface area contributed by atoms with Crippen LogP contribution >= 0.6 is 22.9 Å². The van der Waals surface area contributed by atoms with Gasteiger partial charge in [0.1, 0.15) is 0 Å². The van der Waals surface area contributed by atoms with Crippen LogP contribution in [0.5, 0.6) is 0 Å². The minimum absolute atomic E-state index is 0.152. The second-order valence-corrected chi connectivity index (χ2v) is 5.49. The van der Waals surface area contributed by atoms with Crippen molar-refractivity contribution in [1.82, 2.24) is 15.1 Å². The third kappa shape index (κ3) is 4.64. The molecule has 0 unspecified atom stereocenters. The van der Waals surface area contributed by atoms with Gasteiger partial charge < -0.3 is 9.26 Å². The van der Waals surface area contributed by atoms with Gasteiger partial charge in [-0.15, -0.1) is 11.3 Å². The molecule has 0 spiro atoms. The van der Waals surface area contributed by atoms with E-state index in [2.05, 4.69) is 15.1 Å². The monoisotopic (exact) mass is 337 g/mol. The second-order valence-electron chi connectivity index (χ2n) is 3.77. The van der Waals surface area contributed by atoms with Crippen molar-refractivity contribution in [3.05, 3.63) is 53.0 Å². The third-order valence-corrected chi connectivity index (χ3v) is 3.46. The van der Waals surface area contributed by atoms with Crippen LogP contribution in [0.15, 0.2) is 47.2 Å². The van der Waals surface area contributed by atoms with Crippen LogP contribution in [-0.2, 0) is 4.74 Å². The summed E-state index contributed by atoms with van der Waals surface area (Å²) in [6.45, 7) is 1.97. The molecule has 0 saturated carbocycles. The quantitative estimate of drug-likeness (QED) is 0.678. The number of ether oxygens (including phenoxy) is 1. The normalized spacial score (nSPS) is 9.73. The molecule has 0 atom stereocenters. The molecule has 0 radical (unpaired) electrons. The van der Waals surface area contributed by atoms with Gasteiger partial charge >= 0.3 is 11.9 Å². The average molecular weight is 338 g/mol. The number of nitrogens with zero attached hydrogens (tertiary/aromatic N) is 3. The van der Waals surface area contributed by atoms with Gasteiger partial charge in [-0.05, 0) is 31.2 Å². The Morgan fingerprint density at radius 2 is 2.09 bits per heavy atom. The van der Waals surface area contributed by atoms with Crippen LogP contribution in [0.1, 0.15) is 17.6 Å². The lowest BCUT2D eigenvalue weighted by atomic mass is 10.4. The number of rotatable bonds is 3. The van der Waals surface area contributed by atoms with Crippen LogP contribution in [0.2, 0.25) is 4.34 Å². The molecule has 8 heteroatoms. The van der Waals surface area contributed by atoms with Gasteiger partial charge in [0.15, 0.2) is 0 Å². The van der Waals surface area contributed by atoms with Gasteiger partial charge in [-0.3, -0.25) is 4.98 Å². The van der Waals surface area contributed by atoms with Crippen molar-refractivity contribution >= 4 is 28.9 Å². The van der Waals surface area contributed by atoms with E-state index in [-0.39, 0.29) is 12.5 Å². The predicted molar refractivity (Wildman–Crippen MR) is 82.8 cm³/mol. The molecule has 114 valence electrons. The van der Waals surface area contributed by atoms with Crippen LogP contribution in [0.4, 0.5) is 0 Å². The molecule has 3 aromatic heterocycles. The van der Waals surface area contributed by atoms with Crippen LogP contribution in [0.3, 0.4) is 0 Å². The number of carbonyl (C=O) groups excluding carboxylic acids is 1. The Hall–Kier alpha value is -2.25. The van der Waals surface area contributed by atoms with Crippen LogP contribution < -0.4 is 0 Å². The van der Waals surface area contributed by atoms with E-state index in [1.165, 1.54) is 11.3 Å². The minimum Gasteiger partial charge on any atom is -0.459 e. The summed E-state index contributed by atoms with van der Waals surface area (Å²) in [5.74, 6) is -0.440. The lowest BCUT2D eigenvalue weighted by Gasteiger charge is -1.93. The Labute approximate surface area is 135 Å². The van der Waals surface area contributed by atoms with Gasteiger partial charge in [0, 0.05) is 12.4 Å². The van der Waals surface area contributed by atoms with E-state index >= 15 is 0 Å². The topological polar surface area (TPSA) is 78.1 Å². The summed E-state index contributed by atoms with van der Waals surface area (Å²) in [6.07, 6.45) is 3.50. The van der Waals surface area contributed by atoms with Crippen molar-refractivity contribution in [2.45, 2.75) is 6.92 Å². The number of carbonyl (C=O) groups is 1. The zero-order chi connectivity index (χ0) is 15.8. The first-order chi connectivity index (χ1) is 10.7. The molecule has 0 amide bonds. The molecule has 6 nitrogen and oxygen atoms in total. The highest BCUT2D eigenvalue weighted by Crippen LogP contribution is 2.28. The molecule has 22 heavy (non-hydrogen) atoms. The number of pyridine rings is 1. The highest BCUT2D eigenvalue weighted by Gasteiger charge is 2.17. The zero-order valence-corrected chi connectivity index (χ0v) is 13.2. The maximum atomic E-state index is 11.3. The van der Waals surface area contributed by atoms with E-state index in [1.54, 1.807) is 31.5 Å². The number of halogens is 1. The van der Waals surface area contributed by atoms with Crippen molar-refractivity contribution in [3.8, 4) is 10.7 Å². The largest absolute Gasteiger partial charge is 0.459 e. The standard InChI is InChI=1S/C9H7ClN2O3S.C5H5N/c1-2-14-9(13)8-11-7(12-15-8)5-3-4-6(10)16-5;1-2-4-6-5-3-1/h3-4H,2H2,1H3;1-5H. The highest BCUT2D eigenvalue weighted by atomic mass is 35.5. The molecule has 0 saturated heterocycles. The number of aromatic nitrogens is 3. The first-order valence-corrected chi connectivity index (χ1v) is 7.51. The van der Waals surface area contributed by atoms with Crippen molar-refractivity contribution in [2.75, 3.05) is 6.61 Å². The Morgan fingerprint density at radius 1 is 1.32 bits per heavy atom. The fraction of sp³-hybridized carbons (Fsp3) is 0.143. The smallest absolute Gasteiger partial charge is 0.397 e. The molecule has 0 aliphatic rings. The summed E-state index contributed by atoms with van der Waals surface area (Å²) in [7, 11) is 0. The van der Waals surface area contributed by atoms with E-state index in [1.807, 2.05) is 18.2 Å². The molecule has 0 bridgehead atoms. The molecular formula is C14H12ClN3O3S. The van der Waals surface area contributed by atoms with Gasteiger partial charge in [-0.25, -0.2) is 4.79 Å². The average Bonchev–Trinajstić information content (AvgIpc) is 3.19. The van der Waals surface area contributed by atoms with E-state index in [4.69, 9.17) is 20.9 Å². The van der Waals surface area contributed by atoms with E-state index < -0.39 is 5.97 Å². The summed E-state index contributed by atoms with van der Waals surface area (Å²) in [6, 6.07) is 9.20. The first kappa shape index (κ1) is 16.1. The summed E-state index contributed by atoms with van der Waals surface area (Å²) in [5.41, 5.74) is 0. The van der Waals surface area contributed by atoms with Gasteiger partial charge in [0.05, 0.1) is 15.8 Å². The van der Waals surface area contributed by atoms with Crippen molar-refractivity contribution < 1.29 is 14.1 Å². The van der Waals surface area contributed by atoms with Crippen LogP contribution in [0, 0.1) is 0 Å². The highest BCUT2D eigenvalue weighted by molar-refractivity contribution is 7.19. The summed E-state index contributed by atoms with van der Waals surface area (Å²) in [4.78, 5) is 19.7. The molecule has 0 fully saturated rings. The number of hydrogen-bond acceptors (Lipinski definition) is 7. The molecular weight excluding hydrogens is 326 g/mol. The number of esters is 1. The lowest BCUT2D eigenvalue weighted by Crippen LogP contribution is -2.04. The third-order valence-electron chi connectivity index (χ3n) is 2.24. The van der Waals surface area contributed by atoms with Gasteiger partial charge in [-0.2, -0.15) is 4.98 Å². The van der Waals surface area contributed by atoms with Gasteiger partial charge in [0.25, 0.3) is 0 Å². The van der Waals surface area contributed by atoms with Crippen molar-refractivity contribution in [1.29, 1.82) is 0 Å². The second kappa shape index (κ2) is 8.26. The molecule has 0 aliphatic heterocycles. The lowest BCUT2D eigenvalue weighted by molar-refractivity contribution is 0.0470. The maximum Gasteiger partial charge on any atom is 0.397 e. The van der Waals surface area contributed by atoms with Gasteiger partial charge in [0.2, 0.25) is 5.82 Å². The first-order valence-electron chi connectivity index (χ1n) is 6.32. The van der Waals surface area contributed by atoms with Crippen LogP contribution in [0.25, 0.3) is 10.7 Å². The van der Waals surface area contributed by atoms with Gasteiger partial charge in [-0.1, -0.05) is 22.8 Å². The van der Waals surface area contributed by atoms with Crippen molar-refractivity contribution in [2.24, 2.45) is 0 Å². The molecule has 0 N–H and O–H groups in total. The summed E-state index contributed by atoms with van der Waals surface area (Å²) in [5, 5.41) is 3.67. The van der Waals surface area contributed by atoms with E-state index in [0.717, 1.165) is 4.88 Å². The van der Waals surface area contributed by atoms with E-state index in [0.29, 0.717) is 10.2 Å². The van der Waals surface area contributed by atoms with Crippen molar-refractivity contribution in [3.63, 3.8) is 0 Å². The Morgan fingerprint density at radius 3 is 2.59 bits per heavy atom. The SMILES string of the molecule is CCOC(=O)c1nc(-c2ccc(Cl)s2)no1.c1ccncc1. The Kier molecular flexibility index (Phi) is 6.05. The van der Waals surface area contributed by atoms with E-state index in [9.17, 15) is 4.79 Å². The molecule has 0 aliphatic carbocycles. The van der Waals surface area contributed by atoms with Crippen LogP contribution in [-0.4, -0.2) is 27.7 Å². The number of hydrogen-bond donors (Lipinski definition) is 0. The molecule has 3 aromatic rings. The Bertz CT molecular complexity index is 688. The fourth-order valence-electron chi connectivity index (χ4n) is 1.35. The molecule has 3 heterocycles. The summed E-state index contributed by atoms with van der Waals surface area (Å²) < 4.78 is 10.1. The molecule has 0 aromatic carbocycles. The Balaban J connectivity index is 0.000000246. The molecule has 3 rings (SSSR count). The fourth-order valence-corrected chi connectivity index (χ4v) is 2.32. The maximum absolute atomic E-state index is 11.3. The number of thiophene rings is 1. The predicted octanol–water partition coefficient (Wildman–Crippen LogP) is 3.71. The summed E-state index contributed by atoms with van der Waals surface area (Å²) >= 11 is 7.08. The zero-order valence-electron chi connectivity index (χ0n) is 11.6. The minimum atomic E-state index is -0.621.